The third-order valence-electron chi connectivity index (χ3n) is 12.5. The van der Waals surface area contributed by atoms with E-state index in [2.05, 4.69) is 196 Å². The third-order valence-corrected chi connectivity index (χ3v) is 12.5. The lowest BCUT2D eigenvalue weighted by atomic mass is 9.99. The van der Waals surface area contributed by atoms with Gasteiger partial charge in [0.2, 0.25) is 0 Å². The summed E-state index contributed by atoms with van der Waals surface area (Å²) in [5, 5.41) is 19.9. The van der Waals surface area contributed by atoms with Gasteiger partial charge < -0.3 is 18.1 Å². The van der Waals surface area contributed by atoms with Crippen LogP contribution in [0.2, 0.25) is 0 Å². The van der Waals surface area contributed by atoms with Crippen LogP contribution < -0.4 is 0 Å². The summed E-state index contributed by atoms with van der Waals surface area (Å²) in [7, 11) is 0. The fraction of sp³-hybridized carbons (Fsp3) is 0. The Kier molecular flexibility index (Phi) is 6.73. The standard InChI is InChI=1S/C55H32N4O/c56-33-35-24-27-38(58-49-20-10-6-17-43(49)54-50(58)29-28-42-39-14-4-9-19-48(39)59(55(42)54)36-12-2-1-3-13-36)30-44(35)34-22-25-37(26-23-34)57-47-18-8-5-15-40(47)45-31-46-41-16-7-11-21-52(41)60-53(46)32-51(45)57/h1-32H. The molecule has 0 N–H and O–H groups in total. The van der Waals surface area contributed by atoms with Crippen molar-refractivity contribution in [3.8, 4) is 34.3 Å². The Bertz CT molecular complexity index is 3950. The van der Waals surface area contributed by atoms with Crippen molar-refractivity contribution >= 4 is 87.4 Å². The SMILES string of the molecule is N#Cc1ccc(-n2c3ccccc3c3c2ccc2c4ccccc4n(-c4ccccc4)c23)cc1-c1ccc(-n2c3ccccc3c3cc4c(cc32)oc2ccccc24)cc1. The molecule has 60 heavy (non-hydrogen) atoms. The Morgan fingerprint density at radius 2 is 0.967 bits per heavy atom. The summed E-state index contributed by atoms with van der Waals surface area (Å²) in [5.41, 5.74) is 14.2. The Labute approximate surface area is 343 Å². The normalized spacial score (nSPS) is 12.0. The number of furan rings is 1. The monoisotopic (exact) mass is 764 g/mol. The fourth-order valence-electron chi connectivity index (χ4n) is 9.90. The Morgan fingerprint density at radius 3 is 1.73 bits per heavy atom. The average molecular weight is 765 g/mol. The Morgan fingerprint density at radius 1 is 0.367 bits per heavy atom. The van der Waals surface area contributed by atoms with E-state index in [0.29, 0.717) is 5.56 Å². The van der Waals surface area contributed by atoms with Gasteiger partial charge in [-0.05, 0) is 84.4 Å². The number of nitrogens with zero attached hydrogens (tertiary/aromatic N) is 4. The summed E-state index contributed by atoms with van der Waals surface area (Å²) in [5.74, 6) is 0. The van der Waals surface area contributed by atoms with Crippen molar-refractivity contribution in [1.29, 1.82) is 5.26 Å². The topological polar surface area (TPSA) is 51.7 Å². The average Bonchev–Trinajstić information content (AvgIpc) is 4.04. The second-order valence-electron chi connectivity index (χ2n) is 15.6. The van der Waals surface area contributed by atoms with E-state index in [-0.39, 0.29) is 0 Å². The maximum Gasteiger partial charge on any atom is 0.137 e. The molecule has 13 rings (SSSR count). The molecule has 0 amide bonds. The molecule has 0 atom stereocenters. The van der Waals surface area contributed by atoms with Crippen LogP contribution in [0, 0.1) is 11.3 Å². The minimum absolute atomic E-state index is 0.628. The molecule has 0 unspecified atom stereocenters. The first-order valence-corrected chi connectivity index (χ1v) is 20.2. The van der Waals surface area contributed by atoms with E-state index in [1.165, 1.54) is 43.4 Å². The summed E-state index contributed by atoms with van der Waals surface area (Å²) in [6, 6.07) is 71.1. The van der Waals surface area contributed by atoms with Gasteiger partial charge in [-0.2, -0.15) is 5.26 Å². The number of hydrogen-bond acceptors (Lipinski definition) is 2. The molecule has 0 aliphatic carbocycles. The second kappa shape index (κ2) is 12.3. The van der Waals surface area contributed by atoms with E-state index in [9.17, 15) is 5.26 Å². The molecule has 9 aromatic carbocycles. The number of para-hydroxylation sites is 5. The van der Waals surface area contributed by atoms with Crippen LogP contribution in [0.15, 0.2) is 199 Å². The van der Waals surface area contributed by atoms with Crippen LogP contribution in [0.5, 0.6) is 0 Å². The second-order valence-corrected chi connectivity index (χ2v) is 15.6. The Hall–Kier alpha value is -8.33. The van der Waals surface area contributed by atoms with Crippen LogP contribution in [-0.4, -0.2) is 13.7 Å². The predicted octanol–water partition coefficient (Wildman–Crippen LogP) is 14.4. The molecule has 4 heterocycles. The molecule has 13 aromatic rings. The van der Waals surface area contributed by atoms with Crippen molar-refractivity contribution in [2.24, 2.45) is 0 Å². The maximum absolute atomic E-state index is 10.5. The molecule has 0 fully saturated rings. The number of aromatic nitrogens is 3. The number of fused-ring (bicyclic) bond motifs is 13. The summed E-state index contributed by atoms with van der Waals surface area (Å²) in [6.07, 6.45) is 0. The maximum atomic E-state index is 10.5. The molecule has 278 valence electrons. The van der Waals surface area contributed by atoms with Crippen molar-refractivity contribution in [1.82, 2.24) is 13.7 Å². The number of benzene rings is 9. The lowest BCUT2D eigenvalue weighted by molar-refractivity contribution is 0.669. The zero-order valence-corrected chi connectivity index (χ0v) is 32.2. The lowest BCUT2D eigenvalue weighted by Gasteiger charge is -2.13. The number of rotatable bonds is 4. The van der Waals surface area contributed by atoms with E-state index in [1.807, 2.05) is 18.2 Å². The van der Waals surface area contributed by atoms with E-state index >= 15 is 0 Å². The van der Waals surface area contributed by atoms with Crippen LogP contribution in [0.4, 0.5) is 0 Å². The van der Waals surface area contributed by atoms with Gasteiger partial charge in [-0.15, -0.1) is 0 Å². The highest BCUT2D eigenvalue weighted by Gasteiger charge is 2.22. The van der Waals surface area contributed by atoms with E-state index in [0.717, 1.165) is 72.2 Å². The van der Waals surface area contributed by atoms with Crippen molar-refractivity contribution in [2.45, 2.75) is 0 Å². The van der Waals surface area contributed by atoms with Crippen molar-refractivity contribution in [2.75, 3.05) is 0 Å². The van der Waals surface area contributed by atoms with Gasteiger partial charge in [0, 0.05) is 71.8 Å². The molecule has 0 aliphatic rings. The Balaban J connectivity index is 0.996. The van der Waals surface area contributed by atoms with Gasteiger partial charge >= 0.3 is 0 Å². The van der Waals surface area contributed by atoms with E-state index in [4.69, 9.17) is 4.42 Å². The molecule has 4 aromatic heterocycles. The molecule has 0 saturated carbocycles. The largest absolute Gasteiger partial charge is 0.456 e. The molecule has 5 heteroatoms. The van der Waals surface area contributed by atoms with Crippen LogP contribution in [0.3, 0.4) is 0 Å². The van der Waals surface area contributed by atoms with Crippen molar-refractivity contribution in [3.05, 3.63) is 200 Å². The van der Waals surface area contributed by atoms with E-state index < -0.39 is 0 Å². The highest BCUT2D eigenvalue weighted by Crippen LogP contribution is 2.43. The number of hydrogen-bond donors (Lipinski definition) is 0. The van der Waals surface area contributed by atoms with Gasteiger partial charge in [-0.25, -0.2) is 0 Å². The molecule has 0 radical (unpaired) electrons. The van der Waals surface area contributed by atoms with Crippen LogP contribution in [-0.2, 0) is 0 Å². The van der Waals surface area contributed by atoms with E-state index in [1.54, 1.807) is 0 Å². The molecular weight excluding hydrogens is 733 g/mol. The first kappa shape index (κ1) is 32.7. The van der Waals surface area contributed by atoms with Gasteiger partial charge in [0.1, 0.15) is 11.2 Å². The van der Waals surface area contributed by atoms with Gasteiger partial charge in [0.15, 0.2) is 0 Å². The van der Waals surface area contributed by atoms with Gasteiger partial charge in [0.25, 0.3) is 0 Å². The highest BCUT2D eigenvalue weighted by molar-refractivity contribution is 6.26. The van der Waals surface area contributed by atoms with Crippen LogP contribution in [0.25, 0.3) is 116 Å². The minimum atomic E-state index is 0.628. The van der Waals surface area contributed by atoms with Crippen LogP contribution >= 0.6 is 0 Å². The van der Waals surface area contributed by atoms with Crippen LogP contribution in [0.1, 0.15) is 5.56 Å². The van der Waals surface area contributed by atoms with Crippen molar-refractivity contribution < 1.29 is 4.42 Å². The van der Waals surface area contributed by atoms with Gasteiger partial charge in [-0.3, -0.25) is 0 Å². The smallest absolute Gasteiger partial charge is 0.137 e. The molecular formula is C55H32N4O. The molecule has 0 saturated heterocycles. The lowest BCUT2D eigenvalue weighted by Crippen LogP contribution is -1.97. The van der Waals surface area contributed by atoms with Gasteiger partial charge in [0.05, 0.1) is 44.7 Å². The predicted molar refractivity (Wildman–Crippen MR) is 247 cm³/mol. The zero-order valence-electron chi connectivity index (χ0n) is 32.2. The molecule has 0 spiro atoms. The summed E-state index contributed by atoms with van der Waals surface area (Å²) >= 11 is 0. The molecule has 5 nitrogen and oxygen atoms in total. The first-order valence-electron chi connectivity index (χ1n) is 20.2. The molecule has 0 bridgehead atoms. The summed E-state index contributed by atoms with van der Waals surface area (Å²) in [4.78, 5) is 0. The quantitative estimate of drug-likeness (QED) is 0.179. The summed E-state index contributed by atoms with van der Waals surface area (Å²) < 4.78 is 13.4. The molecule has 0 aliphatic heterocycles. The zero-order chi connectivity index (χ0) is 39.5. The first-order chi connectivity index (χ1) is 29.7. The third kappa shape index (κ3) is 4.50. The summed E-state index contributed by atoms with van der Waals surface area (Å²) in [6.45, 7) is 0. The van der Waals surface area contributed by atoms with Gasteiger partial charge in [-0.1, -0.05) is 109 Å². The van der Waals surface area contributed by atoms with Crippen molar-refractivity contribution in [3.63, 3.8) is 0 Å². The number of nitriles is 1. The minimum Gasteiger partial charge on any atom is -0.456 e. The fourth-order valence-corrected chi connectivity index (χ4v) is 9.90. The highest BCUT2D eigenvalue weighted by atomic mass is 16.3.